The molecule has 1 spiro atoms. The zero-order chi connectivity index (χ0) is 29.1. The van der Waals surface area contributed by atoms with E-state index in [-0.39, 0.29) is 48.2 Å². The second kappa shape index (κ2) is 9.29. The predicted molar refractivity (Wildman–Crippen MR) is 144 cm³/mol. The fraction of sp³-hybridized carbons (Fsp3) is 0.742. The topological polar surface area (TPSA) is 124 Å². The van der Waals surface area contributed by atoms with Crippen molar-refractivity contribution in [3.63, 3.8) is 0 Å². The van der Waals surface area contributed by atoms with Gasteiger partial charge in [-0.05, 0) is 31.5 Å². The molecule has 2 N–H and O–H groups in total. The summed E-state index contributed by atoms with van der Waals surface area (Å²) < 4.78 is 30.5. The number of benzene rings is 1. The summed E-state index contributed by atoms with van der Waals surface area (Å²) in [6, 6.07) is 8.62. The highest BCUT2D eigenvalue weighted by atomic mass is 16.6. The summed E-state index contributed by atoms with van der Waals surface area (Å²) in [6.07, 6.45) is -2.91. The zero-order valence-corrected chi connectivity index (χ0v) is 24.3. The smallest absolute Gasteiger partial charge is 0.338 e. The van der Waals surface area contributed by atoms with Gasteiger partial charge in [-0.25, -0.2) is 4.79 Å². The minimum absolute atomic E-state index is 0.0986. The molecule has 5 saturated carbocycles. The molecule has 1 saturated heterocycles. The summed E-state index contributed by atoms with van der Waals surface area (Å²) >= 11 is 0. The number of aliphatic hydroxyl groups excluding tert-OH is 1. The first kappa shape index (κ1) is 27.9. The van der Waals surface area contributed by atoms with Crippen LogP contribution in [-0.4, -0.2) is 118 Å². The summed E-state index contributed by atoms with van der Waals surface area (Å²) in [5.74, 6) is -2.44. The number of piperidine rings is 1. The van der Waals surface area contributed by atoms with Gasteiger partial charge in [0.1, 0.15) is 17.8 Å². The number of ketones is 1. The molecule has 224 valence electrons. The van der Waals surface area contributed by atoms with Crippen LogP contribution in [0.5, 0.6) is 0 Å². The number of aliphatic hydroxyl groups is 2. The third-order valence-electron chi connectivity index (χ3n) is 12.2. The Labute approximate surface area is 240 Å². The molecule has 0 amide bonds. The van der Waals surface area contributed by atoms with Crippen LogP contribution in [0.2, 0.25) is 0 Å². The summed E-state index contributed by atoms with van der Waals surface area (Å²) in [4.78, 5) is 30.1. The summed E-state index contributed by atoms with van der Waals surface area (Å²) in [5.41, 5.74) is -2.57. The maximum Gasteiger partial charge on any atom is 0.338 e. The van der Waals surface area contributed by atoms with Crippen molar-refractivity contribution in [3.05, 3.63) is 35.9 Å². The molecule has 14 atom stereocenters. The Kier molecular flexibility index (Phi) is 6.32. The fourth-order valence-corrected chi connectivity index (χ4v) is 11.6. The molecule has 6 fully saturated rings. The lowest BCUT2D eigenvalue weighted by Crippen LogP contribution is -2.76. The van der Waals surface area contributed by atoms with E-state index in [1.807, 2.05) is 6.07 Å². The number of likely N-dealkylation sites (tertiary alicyclic amines) is 1. The molecule has 5 unspecified atom stereocenters. The van der Waals surface area contributed by atoms with Gasteiger partial charge in [0.05, 0.1) is 30.5 Å². The summed E-state index contributed by atoms with van der Waals surface area (Å²) in [6.45, 7) is 0.919. The van der Waals surface area contributed by atoms with Gasteiger partial charge in [-0.15, -0.1) is 0 Å². The van der Waals surface area contributed by atoms with E-state index in [0.29, 0.717) is 25.1 Å². The molecule has 0 aromatic heterocycles. The van der Waals surface area contributed by atoms with Crippen molar-refractivity contribution in [2.24, 2.45) is 40.4 Å². The highest BCUT2D eigenvalue weighted by Crippen LogP contribution is 2.78. The van der Waals surface area contributed by atoms with Crippen LogP contribution < -0.4 is 0 Å². The molecule has 10 heteroatoms. The van der Waals surface area contributed by atoms with Gasteiger partial charge < -0.3 is 38.8 Å². The van der Waals surface area contributed by atoms with E-state index in [0.717, 1.165) is 0 Å². The van der Waals surface area contributed by atoms with E-state index in [4.69, 9.17) is 23.7 Å². The number of nitrogens with zero attached hydrogens (tertiary/aromatic N) is 1. The average Bonchev–Trinajstić information content (AvgIpc) is 3.32. The molecule has 7 bridgehead atoms. The first-order valence-electron chi connectivity index (χ1n) is 14.6. The van der Waals surface area contributed by atoms with Gasteiger partial charge >= 0.3 is 5.97 Å². The number of methoxy groups -OCH3 is 4. The number of ether oxygens (including phenoxy) is 5. The molecular weight excluding hydrogens is 530 g/mol. The number of hydrogen-bond acceptors (Lipinski definition) is 10. The van der Waals surface area contributed by atoms with Crippen molar-refractivity contribution in [2.75, 3.05) is 48.6 Å². The normalized spacial score (nSPS) is 51.1. The van der Waals surface area contributed by atoms with Crippen molar-refractivity contribution in [3.8, 4) is 0 Å². The Morgan fingerprint density at radius 2 is 1.80 bits per heavy atom. The zero-order valence-electron chi connectivity index (χ0n) is 24.3. The Morgan fingerprint density at radius 1 is 1.07 bits per heavy atom. The van der Waals surface area contributed by atoms with Crippen molar-refractivity contribution in [1.29, 1.82) is 0 Å². The first-order valence-corrected chi connectivity index (χ1v) is 14.6. The monoisotopic (exact) mass is 571 g/mol. The van der Waals surface area contributed by atoms with Crippen molar-refractivity contribution in [1.82, 2.24) is 4.90 Å². The highest BCUT2D eigenvalue weighted by molar-refractivity contribution is 5.92. The molecule has 1 aromatic rings. The second-order valence-corrected chi connectivity index (χ2v) is 13.4. The third kappa shape index (κ3) is 3.12. The number of hydrogen-bond donors (Lipinski definition) is 2. The number of Topliss-reactive ketones (excluding diaryl/α,β-unsaturated/α-hetero) is 1. The molecule has 1 aliphatic heterocycles. The fourth-order valence-electron chi connectivity index (χ4n) is 11.6. The lowest BCUT2D eigenvalue weighted by molar-refractivity contribution is -0.277. The first-order chi connectivity index (χ1) is 19.7. The van der Waals surface area contributed by atoms with E-state index in [1.54, 1.807) is 45.6 Å². The van der Waals surface area contributed by atoms with Gasteiger partial charge in [0.15, 0.2) is 5.78 Å². The van der Waals surface area contributed by atoms with Gasteiger partial charge in [0.2, 0.25) is 0 Å². The van der Waals surface area contributed by atoms with Crippen LogP contribution in [0.3, 0.4) is 0 Å². The largest absolute Gasteiger partial charge is 0.455 e. The lowest BCUT2D eigenvalue weighted by Gasteiger charge is -2.68. The Bertz CT molecular complexity index is 1230. The van der Waals surface area contributed by atoms with E-state index in [2.05, 4.69) is 11.9 Å². The number of fused-ring (bicyclic) bond motifs is 2. The van der Waals surface area contributed by atoms with Crippen LogP contribution in [0.4, 0.5) is 0 Å². The van der Waals surface area contributed by atoms with Crippen molar-refractivity contribution in [2.45, 2.75) is 55.0 Å². The van der Waals surface area contributed by atoms with E-state index >= 15 is 0 Å². The highest BCUT2D eigenvalue weighted by Gasteiger charge is 2.87. The second-order valence-electron chi connectivity index (χ2n) is 13.4. The number of carbonyl (C=O) groups is 2. The number of rotatable bonds is 7. The molecule has 0 radical (unpaired) electrons. The Balaban J connectivity index is 1.44. The minimum atomic E-state index is -1.70. The molecule has 1 aromatic carbocycles. The van der Waals surface area contributed by atoms with Crippen LogP contribution in [-0.2, 0) is 28.5 Å². The van der Waals surface area contributed by atoms with Gasteiger partial charge in [0.25, 0.3) is 0 Å². The van der Waals surface area contributed by atoms with Crippen LogP contribution >= 0.6 is 0 Å². The maximum atomic E-state index is 14.4. The average molecular weight is 572 g/mol. The van der Waals surface area contributed by atoms with E-state index in [9.17, 15) is 19.8 Å². The summed E-state index contributed by atoms with van der Waals surface area (Å²) in [7, 11) is 8.50. The summed E-state index contributed by atoms with van der Waals surface area (Å²) in [5, 5.41) is 24.2. The van der Waals surface area contributed by atoms with Gasteiger partial charge in [0, 0.05) is 81.9 Å². The molecule has 1 heterocycles. The van der Waals surface area contributed by atoms with Crippen LogP contribution in [0.15, 0.2) is 30.3 Å². The van der Waals surface area contributed by atoms with Gasteiger partial charge in [-0.2, -0.15) is 0 Å². The van der Waals surface area contributed by atoms with Crippen LogP contribution in [0.25, 0.3) is 0 Å². The molecule has 41 heavy (non-hydrogen) atoms. The standard InChI is InChI=1S/C31H41NO9/c1-32-13-29(14-37-2)17(33)11-18(38-3)31-16-12-30(36)26(41-28(35)15-9-7-6-8-10-15)19(16)20(22(34)27(30)40-5)21(25(31)32)23(39-4)24(29)31/h6-10,16-21,23-27,33,36H,11-14H2,1-5H3/t16-,17+,18?,19-,20-,21?,23?,24+,25?,26+,27+,29-,30-,31?/m0/s1. The van der Waals surface area contributed by atoms with Gasteiger partial charge in [-0.1, -0.05) is 18.2 Å². The Hall–Kier alpha value is -1.92. The van der Waals surface area contributed by atoms with Gasteiger partial charge in [-0.3, -0.25) is 4.79 Å². The SMILES string of the molecule is COC[C@]12CN(C)C3C4C(OC)[C@H]1C3(C(OC)C[C@H]2O)[C@H]1C[C@@]2(O)[C@H](OC)C(=O)[C@H]4[C@H]1[C@H]2OC(=O)c1ccccc1. The van der Waals surface area contributed by atoms with Crippen molar-refractivity contribution < 1.29 is 43.5 Å². The Morgan fingerprint density at radius 3 is 2.44 bits per heavy atom. The quantitative estimate of drug-likeness (QED) is 0.454. The molecule has 5 aliphatic carbocycles. The number of esters is 1. The molecule has 6 aliphatic rings. The number of carbonyl (C=O) groups excluding carboxylic acids is 2. The lowest BCUT2D eigenvalue weighted by atomic mass is 9.43. The minimum Gasteiger partial charge on any atom is -0.455 e. The van der Waals surface area contributed by atoms with E-state index in [1.165, 1.54) is 7.11 Å². The van der Waals surface area contributed by atoms with Crippen molar-refractivity contribution >= 4 is 11.8 Å². The predicted octanol–water partition coefficient (Wildman–Crippen LogP) is 0.781. The molecule has 7 rings (SSSR count). The molecule has 10 nitrogen and oxygen atoms in total. The third-order valence-corrected chi connectivity index (χ3v) is 12.2. The van der Waals surface area contributed by atoms with E-state index < -0.39 is 52.5 Å². The van der Waals surface area contributed by atoms with Crippen LogP contribution in [0, 0.1) is 40.4 Å². The molecular formula is C31H41NO9. The maximum absolute atomic E-state index is 14.4. The van der Waals surface area contributed by atoms with Crippen LogP contribution in [0.1, 0.15) is 23.2 Å².